The van der Waals surface area contributed by atoms with Gasteiger partial charge in [0, 0.05) is 0 Å². The van der Waals surface area contributed by atoms with Gasteiger partial charge >= 0.3 is 0 Å². The van der Waals surface area contributed by atoms with Crippen molar-refractivity contribution in [2.75, 3.05) is 5.73 Å². The Hall–Kier alpha value is -2.41. The number of nitrogen functional groups attached to an aromatic ring is 2. The van der Waals surface area contributed by atoms with E-state index in [2.05, 4.69) is 5.10 Å². The summed E-state index contributed by atoms with van der Waals surface area (Å²) in [5, 5.41) is 3.85. The lowest BCUT2D eigenvalue weighted by Gasteiger charge is -2.05. The zero-order valence-corrected chi connectivity index (χ0v) is 8.72. The molecule has 0 atom stereocenters. The summed E-state index contributed by atoms with van der Waals surface area (Å²) in [5.41, 5.74) is 7.89. The number of carbonyl (C=O) groups excluding carboxylic acids is 1. The van der Waals surface area contributed by atoms with Crippen molar-refractivity contribution in [3.05, 3.63) is 41.8 Å². The van der Waals surface area contributed by atoms with Gasteiger partial charge in [-0.05, 0) is 12.1 Å². The smallest absolute Gasteiger partial charge is 0.270 e. The fourth-order valence-corrected chi connectivity index (χ4v) is 1.43. The van der Waals surface area contributed by atoms with Crippen LogP contribution in [0.4, 0.5) is 10.2 Å². The van der Waals surface area contributed by atoms with Crippen molar-refractivity contribution < 1.29 is 9.18 Å². The molecule has 1 heterocycles. The Bertz CT molecular complexity index is 566. The highest BCUT2D eigenvalue weighted by molar-refractivity contribution is 5.98. The number of carbonyl (C=O) groups is 1. The van der Waals surface area contributed by atoms with Gasteiger partial charge in [-0.2, -0.15) is 5.10 Å². The third-order valence-electron chi connectivity index (χ3n) is 2.26. The van der Waals surface area contributed by atoms with E-state index in [1.807, 2.05) is 5.43 Å². The van der Waals surface area contributed by atoms with E-state index in [-0.39, 0.29) is 17.1 Å². The van der Waals surface area contributed by atoms with Crippen molar-refractivity contribution in [3.63, 3.8) is 0 Å². The van der Waals surface area contributed by atoms with Gasteiger partial charge in [-0.25, -0.2) is 14.9 Å². The summed E-state index contributed by atoms with van der Waals surface area (Å²) in [4.78, 5) is 11.3. The van der Waals surface area contributed by atoms with Crippen LogP contribution < -0.4 is 17.0 Å². The van der Waals surface area contributed by atoms with Gasteiger partial charge in [0.1, 0.15) is 22.9 Å². The van der Waals surface area contributed by atoms with Crippen molar-refractivity contribution in [1.82, 2.24) is 15.2 Å². The largest absolute Gasteiger partial charge is 0.383 e. The SMILES string of the molecule is NNC(=O)c1cnn(-c2ccccc2F)c1N. The third-order valence-corrected chi connectivity index (χ3v) is 2.26. The van der Waals surface area contributed by atoms with Crippen LogP contribution in [0, 0.1) is 5.82 Å². The summed E-state index contributed by atoms with van der Waals surface area (Å²) >= 11 is 0. The molecule has 0 aliphatic carbocycles. The van der Waals surface area contributed by atoms with Crippen LogP contribution in [0.3, 0.4) is 0 Å². The second kappa shape index (κ2) is 4.22. The number of nitrogens with two attached hydrogens (primary N) is 2. The van der Waals surface area contributed by atoms with Gasteiger partial charge in [-0.1, -0.05) is 12.1 Å². The number of rotatable bonds is 2. The molecule has 1 aromatic carbocycles. The number of amides is 1. The molecule has 0 fully saturated rings. The van der Waals surface area contributed by atoms with E-state index in [4.69, 9.17) is 11.6 Å². The van der Waals surface area contributed by atoms with Crippen molar-refractivity contribution in [1.29, 1.82) is 0 Å². The minimum absolute atomic E-state index is 0.0260. The maximum atomic E-state index is 13.5. The highest BCUT2D eigenvalue weighted by Crippen LogP contribution is 2.18. The van der Waals surface area contributed by atoms with Gasteiger partial charge in [-0.3, -0.25) is 10.2 Å². The fourth-order valence-electron chi connectivity index (χ4n) is 1.43. The molecule has 0 unspecified atom stereocenters. The zero-order valence-electron chi connectivity index (χ0n) is 8.72. The van der Waals surface area contributed by atoms with E-state index in [0.29, 0.717) is 0 Å². The number of hydrazine groups is 1. The number of aromatic nitrogens is 2. The quantitative estimate of drug-likeness (QED) is 0.393. The lowest BCUT2D eigenvalue weighted by Crippen LogP contribution is -2.30. The lowest BCUT2D eigenvalue weighted by atomic mass is 10.3. The van der Waals surface area contributed by atoms with Gasteiger partial charge in [0.25, 0.3) is 5.91 Å². The Labute approximate surface area is 96.0 Å². The number of anilines is 1. The summed E-state index contributed by atoms with van der Waals surface area (Å²) < 4.78 is 14.6. The first-order chi connectivity index (χ1) is 8.15. The molecule has 6 nitrogen and oxygen atoms in total. The van der Waals surface area contributed by atoms with Gasteiger partial charge in [0.15, 0.2) is 0 Å². The summed E-state index contributed by atoms with van der Waals surface area (Å²) in [5.74, 6) is 3.95. The average Bonchev–Trinajstić information content (AvgIpc) is 2.71. The predicted molar refractivity (Wildman–Crippen MR) is 59.6 cm³/mol. The monoisotopic (exact) mass is 235 g/mol. The third kappa shape index (κ3) is 1.83. The summed E-state index contributed by atoms with van der Waals surface area (Å²) in [6.45, 7) is 0. The van der Waals surface area contributed by atoms with Crippen LogP contribution in [0.15, 0.2) is 30.5 Å². The van der Waals surface area contributed by atoms with E-state index < -0.39 is 11.7 Å². The molecule has 0 aliphatic rings. The minimum Gasteiger partial charge on any atom is -0.383 e. The molecule has 0 radical (unpaired) electrons. The normalized spacial score (nSPS) is 10.2. The van der Waals surface area contributed by atoms with Crippen LogP contribution in [0.2, 0.25) is 0 Å². The van der Waals surface area contributed by atoms with Crippen molar-refractivity contribution in [2.24, 2.45) is 5.84 Å². The van der Waals surface area contributed by atoms with Crippen LogP contribution in [-0.4, -0.2) is 15.7 Å². The van der Waals surface area contributed by atoms with Gasteiger partial charge < -0.3 is 5.73 Å². The Morgan fingerprint density at radius 3 is 2.76 bits per heavy atom. The Kier molecular flexibility index (Phi) is 2.75. The second-order valence-electron chi connectivity index (χ2n) is 3.28. The van der Waals surface area contributed by atoms with Crippen LogP contribution in [0.1, 0.15) is 10.4 Å². The van der Waals surface area contributed by atoms with Gasteiger partial charge in [0.2, 0.25) is 0 Å². The number of benzene rings is 1. The maximum absolute atomic E-state index is 13.5. The number of nitrogens with zero attached hydrogens (tertiary/aromatic N) is 2. The zero-order chi connectivity index (χ0) is 12.4. The number of hydrogen-bond donors (Lipinski definition) is 3. The molecule has 7 heteroatoms. The summed E-state index contributed by atoms with van der Waals surface area (Å²) in [6.07, 6.45) is 1.23. The molecular weight excluding hydrogens is 225 g/mol. The fraction of sp³-hybridized carbons (Fsp3) is 0. The van der Waals surface area contributed by atoms with Gasteiger partial charge in [0.05, 0.1) is 6.20 Å². The molecule has 17 heavy (non-hydrogen) atoms. The molecule has 1 amide bonds. The van der Waals surface area contributed by atoms with E-state index in [9.17, 15) is 9.18 Å². The summed E-state index contributed by atoms with van der Waals surface area (Å²) in [6, 6.07) is 5.97. The minimum atomic E-state index is -0.579. The van der Waals surface area contributed by atoms with E-state index in [0.717, 1.165) is 4.68 Å². The first-order valence-corrected chi connectivity index (χ1v) is 4.74. The topological polar surface area (TPSA) is 99.0 Å². The Morgan fingerprint density at radius 2 is 2.12 bits per heavy atom. The van der Waals surface area contributed by atoms with Crippen molar-refractivity contribution in [3.8, 4) is 5.69 Å². The molecule has 0 bridgehead atoms. The van der Waals surface area contributed by atoms with Crippen LogP contribution in [0.25, 0.3) is 5.69 Å². The molecule has 0 spiro atoms. The van der Waals surface area contributed by atoms with E-state index in [1.165, 1.54) is 18.3 Å². The standard InChI is InChI=1S/C10H10FN5O/c11-7-3-1-2-4-8(7)16-9(12)6(5-14-16)10(17)15-13/h1-5H,12-13H2,(H,15,17). The number of hydrogen-bond acceptors (Lipinski definition) is 4. The summed E-state index contributed by atoms with van der Waals surface area (Å²) in [7, 11) is 0. The Morgan fingerprint density at radius 1 is 1.41 bits per heavy atom. The molecule has 1 aromatic heterocycles. The first-order valence-electron chi connectivity index (χ1n) is 4.74. The highest BCUT2D eigenvalue weighted by atomic mass is 19.1. The lowest BCUT2D eigenvalue weighted by molar-refractivity contribution is 0.0954. The molecule has 2 aromatic rings. The number of nitrogens with one attached hydrogen (secondary N) is 1. The molecular formula is C10H10FN5O. The average molecular weight is 235 g/mol. The van der Waals surface area contributed by atoms with E-state index >= 15 is 0 Å². The second-order valence-corrected chi connectivity index (χ2v) is 3.28. The molecule has 88 valence electrons. The molecule has 2 rings (SSSR count). The number of para-hydroxylation sites is 1. The first kappa shape index (κ1) is 11.1. The molecule has 0 saturated heterocycles. The van der Waals surface area contributed by atoms with Crippen molar-refractivity contribution >= 4 is 11.7 Å². The van der Waals surface area contributed by atoms with Crippen LogP contribution >= 0.6 is 0 Å². The van der Waals surface area contributed by atoms with Crippen molar-refractivity contribution in [2.45, 2.75) is 0 Å². The highest BCUT2D eigenvalue weighted by Gasteiger charge is 2.16. The van der Waals surface area contributed by atoms with E-state index in [1.54, 1.807) is 12.1 Å². The van der Waals surface area contributed by atoms with Gasteiger partial charge in [-0.15, -0.1) is 0 Å². The van der Waals surface area contributed by atoms with Crippen LogP contribution in [0.5, 0.6) is 0 Å². The maximum Gasteiger partial charge on any atom is 0.270 e. The molecule has 0 saturated carbocycles. The Balaban J connectivity index is 2.52. The van der Waals surface area contributed by atoms with Crippen LogP contribution in [-0.2, 0) is 0 Å². The predicted octanol–water partition coefficient (Wildman–Crippen LogP) is 0.197. The number of halogens is 1. The molecule has 0 aliphatic heterocycles. The molecule has 5 N–H and O–H groups in total.